The van der Waals surface area contributed by atoms with Crippen LogP contribution in [0.25, 0.3) is 173 Å². The largest absolute Gasteiger partial charge is 0.0620 e. The molecule has 0 N–H and O–H groups in total. The average molecular weight is 1040 g/mol. The van der Waals surface area contributed by atoms with Crippen LogP contribution < -0.4 is 0 Å². The molecule has 17 aromatic carbocycles. The first-order chi connectivity index (χ1) is 39.1. The number of hydrogen-bond acceptors (Lipinski definition) is 0. The highest BCUT2D eigenvalue weighted by atomic mass is 14.3. The molecule has 17 aromatic rings. The first-order valence-corrected chi connectivity index (χ1v) is 29.4. The summed E-state index contributed by atoms with van der Waals surface area (Å²) in [4.78, 5) is 0. The van der Waals surface area contributed by atoms with Crippen LogP contribution in [0.2, 0.25) is 0 Å². The van der Waals surface area contributed by atoms with E-state index in [1.165, 1.54) is 201 Å². The highest BCUT2D eigenvalue weighted by Gasteiger charge is 2.30. The Morgan fingerprint density at radius 1 is 0.259 bits per heavy atom. The summed E-state index contributed by atoms with van der Waals surface area (Å²) in [5, 5.41) is 34.9. The monoisotopic (exact) mass is 1030 g/mol. The number of aryl methyl sites for hydroxylation is 2. The normalized spacial score (nSPS) is 13.2. The number of fused-ring (bicyclic) bond motifs is 11. The lowest BCUT2D eigenvalue weighted by atomic mass is 9.79. The maximum atomic E-state index is 2.61. The number of rotatable bonds is 4. The summed E-state index contributed by atoms with van der Waals surface area (Å²) in [5.41, 5.74) is 14.6. The van der Waals surface area contributed by atoms with E-state index in [1.54, 1.807) is 0 Å². The minimum atomic E-state index is -0.0172. The molecule has 0 nitrogen and oxygen atoms in total. The summed E-state index contributed by atoms with van der Waals surface area (Å²) >= 11 is 0. The Kier molecular flexibility index (Phi) is 9.26. The van der Waals surface area contributed by atoms with Crippen LogP contribution in [-0.2, 0) is 10.8 Å². The van der Waals surface area contributed by atoms with Gasteiger partial charge in [-0.25, -0.2) is 0 Å². The van der Waals surface area contributed by atoms with Gasteiger partial charge in [0.25, 0.3) is 0 Å². The van der Waals surface area contributed by atoms with E-state index in [4.69, 9.17) is 0 Å². The lowest BCUT2D eigenvalue weighted by Gasteiger charge is -2.25. The van der Waals surface area contributed by atoms with Gasteiger partial charge in [0.05, 0.1) is 0 Å². The summed E-state index contributed by atoms with van der Waals surface area (Å²) in [6, 6.07) is 74.2. The van der Waals surface area contributed by atoms with E-state index in [1.807, 2.05) is 0 Å². The summed E-state index contributed by atoms with van der Waals surface area (Å²) in [7, 11) is 0. The van der Waals surface area contributed by atoms with Gasteiger partial charge in [0.1, 0.15) is 0 Å². The van der Waals surface area contributed by atoms with Crippen LogP contribution in [0.4, 0.5) is 0 Å². The Morgan fingerprint density at radius 3 is 1.12 bits per heavy atom. The second-order valence-electron chi connectivity index (χ2n) is 26.5. The molecule has 0 aliphatic rings. The fourth-order valence-corrected chi connectivity index (χ4v) is 15.7. The van der Waals surface area contributed by atoms with Gasteiger partial charge >= 0.3 is 0 Å². The Bertz CT molecular complexity index is 5300. The van der Waals surface area contributed by atoms with Gasteiger partial charge in [-0.1, -0.05) is 219 Å². The topological polar surface area (TPSA) is 0 Å². The summed E-state index contributed by atoms with van der Waals surface area (Å²) in [6.45, 7) is 23.4. The van der Waals surface area contributed by atoms with Crippen molar-refractivity contribution in [2.45, 2.75) is 86.0 Å². The summed E-state index contributed by atoms with van der Waals surface area (Å²) in [6.07, 6.45) is 0. The minimum absolute atomic E-state index is 0.0172. The molecule has 0 spiro atoms. The molecule has 0 fully saturated rings. The summed E-state index contributed by atoms with van der Waals surface area (Å²) in [5.74, 6) is 0.422. The van der Waals surface area contributed by atoms with Crippen LogP contribution in [0.1, 0.15) is 89.1 Å². The van der Waals surface area contributed by atoms with Crippen molar-refractivity contribution >= 4 is 140 Å². The van der Waals surface area contributed by atoms with Crippen LogP contribution in [0, 0.1) is 13.8 Å². The van der Waals surface area contributed by atoms with Crippen LogP contribution in [-0.4, -0.2) is 0 Å². The SMILES string of the molecule is Cc1ccccc1-c1c2cc3c(cc2c(-c2ccccc2C)c2c4ccc5c6cc(C(C)(C)C)cc7cc(C(C)(C)C)cc(c8ccc(c12)c4c85)c76)c1ccc2c4ccc(-c5ccccc5C(C)C)c5cccc(c6ccc3c1c62)c54. The zero-order valence-electron chi connectivity index (χ0n) is 48.0. The quantitative estimate of drug-likeness (QED) is 0.122. The van der Waals surface area contributed by atoms with Crippen molar-refractivity contribution < 1.29 is 0 Å². The Morgan fingerprint density at radius 2 is 0.642 bits per heavy atom. The molecule has 386 valence electrons. The molecule has 0 radical (unpaired) electrons. The third kappa shape index (κ3) is 6.15. The zero-order chi connectivity index (χ0) is 54.9. The molecular formula is C81H62. The van der Waals surface area contributed by atoms with E-state index in [9.17, 15) is 0 Å². The van der Waals surface area contributed by atoms with Crippen molar-refractivity contribution in [3.63, 3.8) is 0 Å². The minimum Gasteiger partial charge on any atom is -0.0620 e. The van der Waals surface area contributed by atoms with Gasteiger partial charge in [0.2, 0.25) is 0 Å². The van der Waals surface area contributed by atoms with Crippen molar-refractivity contribution in [2.75, 3.05) is 0 Å². The van der Waals surface area contributed by atoms with Crippen LogP contribution in [0.5, 0.6) is 0 Å². The molecule has 0 amide bonds. The smallest absolute Gasteiger partial charge is 0.000730 e. The predicted octanol–water partition coefficient (Wildman–Crippen LogP) is 23.8. The molecule has 0 unspecified atom stereocenters. The third-order valence-corrected chi connectivity index (χ3v) is 19.6. The van der Waals surface area contributed by atoms with Crippen LogP contribution in [0.15, 0.2) is 188 Å². The van der Waals surface area contributed by atoms with E-state index < -0.39 is 0 Å². The van der Waals surface area contributed by atoms with E-state index in [0.717, 1.165) is 0 Å². The Hall–Kier alpha value is -8.84. The molecule has 0 heterocycles. The first-order valence-electron chi connectivity index (χ1n) is 29.4. The van der Waals surface area contributed by atoms with Crippen molar-refractivity contribution in [3.05, 3.63) is 216 Å². The van der Waals surface area contributed by atoms with Gasteiger partial charge in [-0.3, -0.25) is 0 Å². The Balaban J connectivity index is 1.04. The van der Waals surface area contributed by atoms with Crippen LogP contribution in [0.3, 0.4) is 0 Å². The van der Waals surface area contributed by atoms with Gasteiger partial charge in [-0.15, -0.1) is 0 Å². The van der Waals surface area contributed by atoms with E-state index >= 15 is 0 Å². The second-order valence-corrected chi connectivity index (χ2v) is 26.5. The van der Waals surface area contributed by atoms with Gasteiger partial charge in [0.15, 0.2) is 0 Å². The molecule has 0 atom stereocenters. The standard InChI is InChI=1S/C81H62/c1-42(2)48-20-15-16-23-51(48)52-26-27-55-57-29-31-59-65-41-69-68(40-64(65)58-30-28-56(74(57)75(58)59)54-25-17-24-53(52)71(54)55)72(49-21-13-11-18-43(49)3)78-62-34-32-60-66-38-46(80(5,6)7)36-45-37-47(81(8,9)10)39-67(70(45)66)61-33-35-63(77(62)76(60)61)79(78)73(69)50-22-14-12-19-44(50)4/h11-42H,1-10H3. The molecule has 0 saturated heterocycles. The van der Waals surface area contributed by atoms with Crippen LogP contribution >= 0.6 is 0 Å². The maximum absolute atomic E-state index is 2.61. The molecule has 0 aliphatic carbocycles. The molecule has 81 heavy (non-hydrogen) atoms. The second kappa shape index (κ2) is 16.0. The van der Waals surface area contributed by atoms with Gasteiger partial charge in [-0.2, -0.15) is 0 Å². The maximum Gasteiger partial charge on any atom is -0.000730 e. The van der Waals surface area contributed by atoms with E-state index in [2.05, 4.69) is 257 Å². The highest BCUT2D eigenvalue weighted by Crippen LogP contribution is 2.57. The fourth-order valence-electron chi connectivity index (χ4n) is 15.7. The molecule has 0 saturated carbocycles. The molecule has 17 rings (SSSR count). The van der Waals surface area contributed by atoms with E-state index in [0.29, 0.717) is 5.92 Å². The lowest BCUT2D eigenvalue weighted by Crippen LogP contribution is -2.12. The zero-order valence-corrected chi connectivity index (χ0v) is 48.0. The molecular weight excluding hydrogens is 973 g/mol. The Labute approximate surface area is 472 Å². The molecule has 0 bridgehead atoms. The molecule has 0 aliphatic heterocycles. The van der Waals surface area contributed by atoms with Crippen molar-refractivity contribution in [1.29, 1.82) is 0 Å². The van der Waals surface area contributed by atoms with Crippen molar-refractivity contribution in [3.8, 4) is 33.4 Å². The van der Waals surface area contributed by atoms with Crippen molar-refractivity contribution in [2.24, 2.45) is 0 Å². The van der Waals surface area contributed by atoms with Gasteiger partial charge < -0.3 is 0 Å². The third-order valence-electron chi connectivity index (χ3n) is 19.6. The number of benzene rings is 15. The predicted molar refractivity (Wildman–Crippen MR) is 356 cm³/mol. The van der Waals surface area contributed by atoms with Gasteiger partial charge in [-0.05, 0) is 256 Å². The highest BCUT2D eigenvalue weighted by molar-refractivity contribution is 6.48. The van der Waals surface area contributed by atoms with Gasteiger partial charge in [0, 0.05) is 0 Å². The van der Waals surface area contributed by atoms with E-state index in [-0.39, 0.29) is 10.8 Å². The average Bonchev–Trinajstić information content (AvgIpc) is 1.93. The molecule has 0 aromatic heterocycles. The number of hydrogen-bond donors (Lipinski definition) is 0. The summed E-state index contributed by atoms with van der Waals surface area (Å²) < 4.78 is 0. The molecule has 0 heteroatoms. The fraction of sp³-hybridized carbons (Fsp3) is 0.160. The van der Waals surface area contributed by atoms with Crippen molar-refractivity contribution in [1.82, 2.24) is 0 Å². The first kappa shape index (κ1) is 47.0. The lowest BCUT2D eigenvalue weighted by molar-refractivity contribution is 0.590.